The quantitative estimate of drug-likeness (QED) is 0.740. The zero-order chi connectivity index (χ0) is 17.5. The summed E-state index contributed by atoms with van der Waals surface area (Å²) in [6.45, 7) is 0.652. The van der Waals surface area contributed by atoms with Crippen LogP contribution in [0.1, 0.15) is 17.5 Å². The summed E-state index contributed by atoms with van der Waals surface area (Å²) in [5.41, 5.74) is 3.25. The third-order valence-electron chi connectivity index (χ3n) is 3.78. The third-order valence-corrected chi connectivity index (χ3v) is 4.37. The number of nitrogens with zero attached hydrogens (tertiary/aromatic N) is 1. The summed E-state index contributed by atoms with van der Waals surface area (Å²) in [6, 6.07) is 13.7. The predicted molar refractivity (Wildman–Crippen MR) is 102 cm³/mol. The molecule has 0 heterocycles. The maximum Gasteiger partial charge on any atom is 0.224 e. The first-order chi connectivity index (χ1) is 11.5. The van der Waals surface area contributed by atoms with Crippen molar-refractivity contribution in [1.29, 1.82) is 0 Å². The molecule has 2 rings (SSSR count). The van der Waals surface area contributed by atoms with Crippen molar-refractivity contribution >= 4 is 34.8 Å². The molecule has 0 atom stereocenters. The molecule has 0 unspecified atom stereocenters. The Kier molecular flexibility index (Phi) is 6.95. The average Bonchev–Trinajstić information content (AvgIpc) is 2.55. The lowest BCUT2D eigenvalue weighted by Gasteiger charge is -2.12. The number of rotatable bonds is 7. The van der Waals surface area contributed by atoms with Crippen LogP contribution in [0.5, 0.6) is 0 Å². The van der Waals surface area contributed by atoms with Crippen LogP contribution in [0.4, 0.5) is 5.69 Å². The minimum absolute atomic E-state index is 0.0258. The zero-order valence-electron chi connectivity index (χ0n) is 14.0. The summed E-state index contributed by atoms with van der Waals surface area (Å²) in [7, 11) is 4.05. The molecule has 0 saturated carbocycles. The van der Waals surface area contributed by atoms with Gasteiger partial charge in [0, 0.05) is 36.4 Å². The lowest BCUT2D eigenvalue weighted by molar-refractivity contribution is -0.120. The van der Waals surface area contributed by atoms with Gasteiger partial charge in [-0.25, -0.2) is 0 Å². The molecule has 0 saturated heterocycles. The van der Waals surface area contributed by atoms with Crippen LogP contribution in [0.2, 0.25) is 10.0 Å². The number of benzene rings is 2. The molecule has 3 nitrogen and oxygen atoms in total. The molecule has 0 aliphatic rings. The van der Waals surface area contributed by atoms with Crippen LogP contribution in [0, 0.1) is 0 Å². The SMILES string of the molecule is CN(C)c1ccc(CCCNC(=O)Cc2ccc(Cl)cc2Cl)cc1. The van der Waals surface area contributed by atoms with Gasteiger partial charge in [0.15, 0.2) is 0 Å². The number of nitrogens with one attached hydrogen (secondary N) is 1. The minimum Gasteiger partial charge on any atom is -0.378 e. The Morgan fingerprint density at radius 2 is 1.79 bits per heavy atom. The molecule has 1 amide bonds. The largest absolute Gasteiger partial charge is 0.378 e. The highest BCUT2D eigenvalue weighted by Gasteiger charge is 2.07. The molecule has 0 aliphatic heterocycles. The van der Waals surface area contributed by atoms with Crippen molar-refractivity contribution in [3.63, 3.8) is 0 Å². The van der Waals surface area contributed by atoms with Crippen molar-refractivity contribution in [2.75, 3.05) is 25.5 Å². The zero-order valence-corrected chi connectivity index (χ0v) is 15.5. The fourth-order valence-electron chi connectivity index (χ4n) is 2.38. The molecule has 0 aromatic heterocycles. The van der Waals surface area contributed by atoms with Crippen LogP contribution in [0.15, 0.2) is 42.5 Å². The highest BCUT2D eigenvalue weighted by Crippen LogP contribution is 2.21. The summed E-state index contributed by atoms with van der Waals surface area (Å²) in [4.78, 5) is 14.0. The van der Waals surface area contributed by atoms with Gasteiger partial charge < -0.3 is 10.2 Å². The number of aryl methyl sites for hydroxylation is 1. The lowest BCUT2D eigenvalue weighted by atomic mass is 10.1. The van der Waals surface area contributed by atoms with Gasteiger partial charge in [0.25, 0.3) is 0 Å². The van der Waals surface area contributed by atoms with Gasteiger partial charge in [-0.15, -0.1) is 0 Å². The van der Waals surface area contributed by atoms with Gasteiger partial charge in [0.1, 0.15) is 0 Å². The fourth-order valence-corrected chi connectivity index (χ4v) is 2.86. The van der Waals surface area contributed by atoms with Crippen LogP contribution in [-0.4, -0.2) is 26.5 Å². The Balaban J connectivity index is 1.72. The maximum atomic E-state index is 12.0. The van der Waals surface area contributed by atoms with Crippen LogP contribution in [0.25, 0.3) is 0 Å². The van der Waals surface area contributed by atoms with E-state index in [4.69, 9.17) is 23.2 Å². The average molecular weight is 365 g/mol. The van der Waals surface area contributed by atoms with Gasteiger partial charge in [0.2, 0.25) is 5.91 Å². The summed E-state index contributed by atoms with van der Waals surface area (Å²) in [5.74, 6) is -0.0258. The Morgan fingerprint density at radius 3 is 2.42 bits per heavy atom. The van der Waals surface area contributed by atoms with E-state index in [-0.39, 0.29) is 12.3 Å². The van der Waals surface area contributed by atoms with Gasteiger partial charge in [-0.05, 0) is 48.2 Å². The first-order valence-corrected chi connectivity index (χ1v) is 8.68. The van der Waals surface area contributed by atoms with E-state index in [1.807, 2.05) is 14.1 Å². The van der Waals surface area contributed by atoms with E-state index >= 15 is 0 Å². The molecular formula is C19H22Cl2N2O. The van der Waals surface area contributed by atoms with Gasteiger partial charge in [-0.2, -0.15) is 0 Å². The van der Waals surface area contributed by atoms with E-state index in [9.17, 15) is 4.79 Å². The topological polar surface area (TPSA) is 32.3 Å². The summed E-state index contributed by atoms with van der Waals surface area (Å²) < 4.78 is 0. The van der Waals surface area contributed by atoms with Crippen LogP contribution < -0.4 is 10.2 Å². The number of hydrogen-bond acceptors (Lipinski definition) is 2. The molecule has 2 aromatic carbocycles. The number of hydrogen-bond donors (Lipinski definition) is 1. The Bertz CT molecular complexity index is 684. The molecule has 0 fully saturated rings. The van der Waals surface area contributed by atoms with Crippen molar-refractivity contribution in [3.05, 3.63) is 63.6 Å². The first-order valence-electron chi connectivity index (χ1n) is 7.92. The highest BCUT2D eigenvalue weighted by atomic mass is 35.5. The summed E-state index contributed by atoms with van der Waals surface area (Å²) in [6.07, 6.45) is 2.12. The smallest absolute Gasteiger partial charge is 0.224 e. The van der Waals surface area contributed by atoms with E-state index in [0.29, 0.717) is 16.6 Å². The number of carbonyl (C=O) groups is 1. The van der Waals surface area contributed by atoms with Gasteiger partial charge >= 0.3 is 0 Å². The van der Waals surface area contributed by atoms with E-state index in [1.54, 1.807) is 18.2 Å². The van der Waals surface area contributed by atoms with E-state index in [1.165, 1.54) is 11.3 Å². The molecule has 5 heteroatoms. The summed E-state index contributed by atoms with van der Waals surface area (Å²) >= 11 is 11.9. The third kappa shape index (κ3) is 5.73. The monoisotopic (exact) mass is 364 g/mol. The van der Waals surface area contributed by atoms with Crippen LogP contribution in [0.3, 0.4) is 0 Å². The van der Waals surface area contributed by atoms with Crippen molar-refractivity contribution < 1.29 is 4.79 Å². The minimum atomic E-state index is -0.0258. The second-order valence-corrected chi connectivity index (χ2v) is 6.77. The molecular weight excluding hydrogens is 343 g/mol. The number of halogens is 2. The fraction of sp³-hybridized carbons (Fsp3) is 0.316. The molecule has 0 radical (unpaired) electrons. The molecule has 0 aliphatic carbocycles. The van der Waals surface area contributed by atoms with Crippen molar-refractivity contribution in [2.24, 2.45) is 0 Å². The highest BCUT2D eigenvalue weighted by molar-refractivity contribution is 6.35. The van der Waals surface area contributed by atoms with Crippen molar-refractivity contribution in [2.45, 2.75) is 19.3 Å². The second kappa shape index (κ2) is 8.95. The van der Waals surface area contributed by atoms with Crippen LogP contribution >= 0.6 is 23.2 Å². The van der Waals surface area contributed by atoms with Crippen molar-refractivity contribution in [1.82, 2.24) is 5.32 Å². The van der Waals surface area contributed by atoms with Gasteiger partial charge in [0.05, 0.1) is 6.42 Å². The van der Waals surface area contributed by atoms with E-state index in [2.05, 4.69) is 34.5 Å². The molecule has 0 bridgehead atoms. The number of anilines is 1. The predicted octanol–water partition coefficient (Wildman–Crippen LogP) is 4.35. The Hall–Kier alpha value is -1.71. The van der Waals surface area contributed by atoms with Crippen molar-refractivity contribution in [3.8, 4) is 0 Å². The maximum absolute atomic E-state index is 12.0. The molecule has 24 heavy (non-hydrogen) atoms. The molecule has 2 aromatic rings. The second-order valence-electron chi connectivity index (χ2n) is 5.93. The summed E-state index contributed by atoms with van der Waals surface area (Å²) in [5, 5.41) is 4.03. The first kappa shape index (κ1) is 18.6. The van der Waals surface area contributed by atoms with E-state index in [0.717, 1.165) is 18.4 Å². The standard InChI is InChI=1S/C19H22Cl2N2O/c1-23(2)17-9-5-14(6-10-17)4-3-11-22-19(24)12-15-7-8-16(20)13-18(15)21/h5-10,13H,3-4,11-12H2,1-2H3,(H,22,24). The van der Waals surface area contributed by atoms with Gasteiger partial charge in [-0.3, -0.25) is 4.79 Å². The number of amides is 1. The lowest BCUT2D eigenvalue weighted by Crippen LogP contribution is -2.26. The van der Waals surface area contributed by atoms with E-state index < -0.39 is 0 Å². The Morgan fingerprint density at radius 1 is 1.08 bits per heavy atom. The Labute approximate surface area is 153 Å². The molecule has 0 spiro atoms. The molecule has 128 valence electrons. The van der Waals surface area contributed by atoms with Crippen LogP contribution in [-0.2, 0) is 17.6 Å². The number of carbonyl (C=O) groups excluding carboxylic acids is 1. The molecule has 1 N–H and O–H groups in total. The normalized spacial score (nSPS) is 10.5. The van der Waals surface area contributed by atoms with Gasteiger partial charge in [-0.1, -0.05) is 41.4 Å².